The lowest BCUT2D eigenvalue weighted by Gasteiger charge is -2.25. The second kappa shape index (κ2) is 11.0. The molecule has 1 unspecified atom stereocenters. The molecule has 4 nitrogen and oxygen atoms in total. The van der Waals surface area contributed by atoms with E-state index in [0.29, 0.717) is 6.04 Å². The highest BCUT2D eigenvalue weighted by Crippen LogP contribution is 2.28. The van der Waals surface area contributed by atoms with Crippen molar-refractivity contribution in [3.63, 3.8) is 0 Å². The molecule has 1 aromatic rings. The van der Waals surface area contributed by atoms with Crippen molar-refractivity contribution in [3.8, 4) is 0 Å². The van der Waals surface area contributed by atoms with Crippen molar-refractivity contribution in [2.75, 3.05) is 32.7 Å². The van der Waals surface area contributed by atoms with Crippen LogP contribution in [0.2, 0.25) is 0 Å². The fraction of sp³-hybridized carbons (Fsp3) is 0.562. The molecule has 0 bridgehead atoms. The van der Waals surface area contributed by atoms with Gasteiger partial charge < -0.3 is 10.6 Å². The average Bonchev–Trinajstić information content (AvgIpc) is 3.18. The normalized spacial score (nSPS) is 16.9. The van der Waals surface area contributed by atoms with Crippen molar-refractivity contribution in [2.45, 2.75) is 25.8 Å². The third-order valence-corrected chi connectivity index (χ3v) is 4.61. The van der Waals surface area contributed by atoms with E-state index in [0.717, 1.165) is 25.6 Å². The molecule has 1 atom stereocenters. The van der Waals surface area contributed by atoms with E-state index < -0.39 is 0 Å². The summed E-state index contributed by atoms with van der Waals surface area (Å²) in [5.41, 5.74) is 0. The Labute approximate surface area is 155 Å². The predicted molar refractivity (Wildman–Crippen MR) is 107 cm³/mol. The van der Waals surface area contributed by atoms with Crippen LogP contribution in [-0.2, 0) is 0 Å². The molecule has 0 amide bonds. The van der Waals surface area contributed by atoms with Crippen LogP contribution < -0.4 is 10.6 Å². The van der Waals surface area contributed by atoms with Gasteiger partial charge in [-0.2, -0.15) is 0 Å². The van der Waals surface area contributed by atoms with Gasteiger partial charge in [-0.05, 0) is 44.3 Å². The number of nitrogens with one attached hydrogen (secondary N) is 2. The van der Waals surface area contributed by atoms with Crippen molar-refractivity contribution < 1.29 is 0 Å². The highest BCUT2D eigenvalue weighted by atomic mass is 127. The highest BCUT2D eigenvalue weighted by Gasteiger charge is 2.24. The molecule has 2 rings (SSSR count). The molecule has 0 aromatic carbocycles. The van der Waals surface area contributed by atoms with Gasteiger partial charge in [-0.25, -0.2) is 0 Å². The van der Waals surface area contributed by atoms with Crippen LogP contribution in [-0.4, -0.2) is 43.6 Å². The van der Waals surface area contributed by atoms with Gasteiger partial charge in [0.2, 0.25) is 0 Å². The molecule has 0 radical (unpaired) electrons. The summed E-state index contributed by atoms with van der Waals surface area (Å²) in [5.74, 6) is 0.873. The number of aliphatic imine (C=N–C) groups is 1. The summed E-state index contributed by atoms with van der Waals surface area (Å²) in [6.45, 7) is 10.6. The summed E-state index contributed by atoms with van der Waals surface area (Å²) >= 11 is 1.83. The Bertz CT molecular complexity index is 441. The molecular weight excluding hydrogens is 407 g/mol. The molecule has 0 aliphatic carbocycles. The van der Waals surface area contributed by atoms with Crippen LogP contribution in [0, 0.1) is 0 Å². The predicted octanol–water partition coefficient (Wildman–Crippen LogP) is 3.24. The fourth-order valence-electron chi connectivity index (χ4n) is 2.61. The van der Waals surface area contributed by atoms with E-state index in [2.05, 4.69) is 46.5 Å². The summed E-state index contributed by atoms with van der Waals surface area (Å²) in [4.78, 5) is 8.74. The molecule has 1 aromatic heterocycles. The van der Waals surface area contributed by atoms with E-state index in [9.17, 15) is 0 Å². The van der Waals surface area contributed by atoms with Crippen molar-refractivity contribution in [1.82, 2.24) is 15.5 Å². The Hall–Kier alpha value is -0.600. The molecule has 1 fully saturated rings. The van der Waals surface area contributed by atoms with Crippen LogP contribution in [0.3, 0.4) is 0 Å². The Balaban J connectivity index is 0.00000242. The second-order valence-corrected chi connectivity index (χ2v) is 6.14. The largest absolute Gasteiger partial charge is 0.357 e. The number of hydrogen-bond donors (Lipinski definition) is 2. The lowest BCUT2D eigenvalue weighted by molar-refractivity contribution is 0.255. The first-order valence-corrected chi connectivity index (χ1v) is 8.63. The van der Waals surface area contributed by atoms with E-state index >= 15 is 0 Å². The van der Waals surface area contributed by atoms with Gasteiger partial charge in [0.25, 0.3) is 0 Å². The first-order valence-electron chi connectivity index (χ1n) is 7.75. The monoisotopic (exact) mass is 434 g/mol. The van der Waals surface area contributed by atoms with Crippen molar-refractivity contribution in [3.05, 3.63) is 35.0 Å². The first kappa shape index (κ1) is 19.4. The number of halogens is 1. The van der Waals surface area contributed by atoms with Crippen LogP contribution in [0.25, 0.3) is 0 Å². The van der Waals surface area contributed by atoms with Gasteiger partial charge in [0, 0.05) is 18.0 Å². The average molecular weight is 434 g/mol. The number of nitrogens with zero attached hydrogens (tertiary/aromatic N) is 2. The van der Waals surface area contributed by atoms with Crippen molar-refractivity contribution >= 4 is 41.3 Å². The van der Waals surface area contributed by atoms with Crippen LogP contribution in [0.4, 0.5) is 0 Å². The van der Waals surface area contributed by atoms with E-state index in [1.54, 1.807) is 0 Å². The van der Waals surface area contributed by atoms with Gasteiger partial charge in [-0.3, -0.25) is 9.89 Å². The van der Waals surface area contributed by atoms with Crippen LogP contribution in [0.5, 0.6) is 0 Å². The topological polar surface area (TPSA) is 39.7 Å². The minimum absolute atomic E-state index is 0. The third-order valence-electron chi connectivity index (χ3n) is 3.63. The van der Waals surface area contributed by atoms with E-state index in [-0.39, 0.29) is 24.0 Å². The van der Waals surface area contributed by atoms with Gasteiger partial charge in [0.1, 0.15) is 0 Å². The van der Waals surface area contributed by atoms with E-state index in [1.165, 1.54) is 30.8 Å². The second-order valence-electron chi connectivity index (χ2n) is 5.16. The van der Waals surface area contributed by atoms with Gasteiger partial charge in [0.15, 0.2) is 5.96 Å². The quantitative estimate of drug-likeness (QED) is 0.300. The van der Waals surface area contributed by atoms with Crippen molar-refractivity contribution in [2.24, 2.45) is 4.99 Å². The fourth-order valence-corrected chi connectivity index (χ4v) is 3.46. The summed E-state index contributed by atoms with van der Waals surface area (Å²) in [5, 5.41) is 8.71. The Morgan fingerprint density at radius 1 is 1.45 bits per heavy atom. The van der Waals surface area contributed by atoms with Crippen LogP contribution in [0.15, 0.2) is 35.2 Å². The minimum atomic E-state index is 0. The zero-order valence-electron chi connectivity index (χ0n) is 13.3. The molecule has 22 heavy (non-hydrogen) atoms. The maximum atomic E-state index is 4.76. The smallest absolute Gasteiger partial charge is 0.191 e. The summed E-state index contributed by atoms with van der Waals surface area (Å²) in [7, 11) is 0. The lowest BCUT2D eigenvalue weighted by Crippen LogP contribution is -2.38. The SMILES string of the molecule is C=CCNC(=NCC(c1cccs1)N1CCCC1)NCC.I. The molecule has 0 spiro atoms. The minimum Gasteiger partial charge on any atom is -0.357 e. The van der Waals surface area contributed by atoms with Crippen molar-refractivity contribution in [1.29, 1.82) is 0 Å². The Morgan fingerprint density at radius 3 is 2.82 bits per heavy atom. The summed E-state index contributed by atoms with van der Waals surface area (Å²) < 4.78 is 0. The number of likely N-dealkylation sites (tertiary alicyclic amines) is 1. The van der Waals surface area contributed by atoms with Gasteiger partial charge in [-0.15, -0.1) is 41.9 Å². The van der Waals surface area contributed by atoms with Gasteiger partial charge in [-0.1, -0.05) is 12.1 Å². The molecule has 6 heteroatoms. The molecule has 1 aliphatic heterocycles. The maximum absolute atomic E-state index is 4.76. The van der Waals surface area contributed by atoms with Gasteiger partial charge in [0.05, 0.1) is 12.6 Å². The van der Waals surface area contributed by atoms with E-state index in [1.807, 2.05) is 17.4 Å². The number of guanidine groups is 1. The first-order chi connectivity index (χ1) is 10.3. The summed E-state index contributed by atoms with van der Waals surface area (Å²) in [6, 6.07) is 4.77. The lowest BCUT2D eigenvalue weighted by atomic mass is 10.2. The molecule has 124 valence electrons. The van der Waals surface area contributed by atoms with Crippen LogP contribution >= 0.6 is 35.3 Å². The van der Waals surface area contributed by atoms with Gasteiger partial charge >= 0.3 is 0 Å². The molecule has 1 aliphatic rings. The molecule has 2 N–H and O–H groups in total. The molecule has 2 heterocycles. The zero-order chi connectivity index (χ0) is 14.9. The molecule has 1 saturated heterocycles. The Kier molecular flexibility index (Phi) is 9.74. The molecular formula is C16H27IN4S. The van der Waals surface area contributed by atoms with E-state index in [4.69, 9.17) is 4.99 Å². The maximum Gasteiger partial charge on any atom is 0.191 e. The number of hydrogen-bond acceptors (Lipinski definition) is 3. The standard InChI is InChI=1S/C16H26N4S.HI/c1-3-9-18-16(17-4-2)19-13-14(15-8-7-12-21-15)20-10-5-6-11-20;/h3,7-8,12,14H,1,4-6,9-11,13H2,2H3,(H2,17,18,19);1H. The zero-order valence-corrected chi connectivity index (χ0v) is 16.4. The summed E-state index contributed by atoms with van der Waals surface area (Å²) in [6.07, 6.45) is 4.46. The van der Waals surface area contributed by atoms with Crippen LogP contribution in [0.1, 0.15) is 30.7 Å². The number of thiophene rings is 1. The third kappa shape index (κ3) is 5.89. The Morgan fingerprint density at radius 2 is 2.23 bits per heavy atom. The molecule has 0 saturated carbocycles. The number of rotatable bonds is 7. The highest BCUT2D eigenvalue weighted by molar-refractivity contribution is 14.0.